The second-order valence-corrected chi connectivity index (χ2v) is 10.4. The number of fused-ring (bicyclic) bond motifs is 1. The van der Waals surface area contributed by atoms with Crippen molar-refractivity contribution < 1.29 is 9.53 Å². The van der Waals surface area contributed by atoms with Gasteiger partial charge < -0.3 is 14.6 Å². The molecule has 0 aliphatic carbocycles. The van der Waals surface area contributed by atoms with Gasteiger partial charge in [0, 0.05) is 50.8 Å². The number of carbonyl (C=O) groups is 1. The maximum Gasteiger partial charge on any atom is 0.271 e. The molecule has 6 heteroatoms. The number of hydrogen-bond acceptors (Lipinski definition) is 4. The molecule has 1 fully saturated rings. The molecule has 3 heterocycles. The van der Waals surface area contributed by atoms with E-state index in [0.29, 0.717) is 11.6 Å². The van der Waals surface area contributed by atoms with Crippen LogP contribution in [0, 0.1) is 0 Å². The second-order valence-electron chi connectivity index (χ2n) is 10.4. The Labute approximate surface area is 224 Å². The lowest BCUT2D eigenvalue weighted by atomic mass is 9.91. The van der Waals surface area contributed by atoms with E-state index in [1.165, 1.54) is 11.1 Å². The number of imidazole rings is 1. The summed E-state index contributed by atoms with van der Waals surface area (Å²) in [6.45, 7) is 3.80. The minimum Gasteiger partial charge on any atom is -0.457 e. The van der Waals surface area contributed by atoms with E-state index in [2.05, 4.69) is 57.2 Å². The van der Waals surface area contributed by atoms with E-state index in [-0.39, 0.29) is 11.9 Å². The monoisotopic (exact) mass is 506 g/mol. The van der Waals surface area contributed by atoms with Crippen LogP contribution in [-0.2, 0) is 19.5 Å². The van der Waals surface area contributed by atoms with Gasteiger partial charge in [0.05, 0.1) is 0 Å². The molecule has 4 aromatic rings. The topological polar surface area (TPSA) is 59.4 Å². The molecule has 0 saturated carbocycles. The lowest BCUT2D eigenvalue weighted by Crippen LogP contribution is -2.44. The summed E-state index contributed by atoms with van der Waals surface area (Å²) in [4.78, 5) is 20.2. The van der Waals surface area contributed by atoms with Crippen LogP contribution in [0.3, 0.4) is 0 Å². The number of nitrogens with zero attached hydrogens (tertiary/aromatic N) is 3. The molecule has 194 valence electrons. The fourth-order valence-corrected chi connectivity index (χ4v) is 5.59. The summed E-state index contributed by atoms with van der Waals surface area (Å²) < 4.78 is 8.11. The SMILES string of the molecule is O=C(NC1CCN(Cc2ccccc2)CC1)c1cn2c(n1)CC[C@H](c1ccc(Oc3ccccc3)cc1)C2. The number of nitrogens with one attached hydrogen (secondary N) is 1. The standard InChI is InChI=1S/C32H34N4O2/c37-32(33-27-17-19-35(20-18-27)21-24-7-3-1-4-8-24)30-23-36-22-26(13-16-31(36)34-30)25-11-14-29(15-12-25)38-28-9-5-2-6-10-28/h1-12,14-15,23,26-27H,13,16-22H2,(H,33,37)/t26-/m0/s1. The fraction of sp³-hybridized carbons (Fsp3) is 0.312. The lowest BCUT2D eigenvalue weighted by Gasteiger charge is -2.32. The fourth-order valence-electron chi connectivity index (χ4n) is 5.59. The first-order valence-corrected chi connectivity index (χ1v) is 13.7. The summed E-state index contributed by atoms with van der Waals surface area (Å²) in [5.74, 6) is 3.03. The van der Waals surface area contributed by atoms with Gasteiger partial charge in [0.2, 0.25) is 0 Å². The molecule has 38 heavy (non-hydrogen) atoms. The predicted molar refractivity (Wildman–Crippen MR) is 148 cm³/mol. The summed E-state index contributed by atoms with van der Waals surface area (Å²) in [7, 11) is 0. The Morgan fingerprint density at radius 1 is 0.868 bits per heavy atom. The van der Waals surface area contributed by atoms with Crippen LogP contribution in [0.5, 0.6) is 11.5 Å². The van der Waals surface area contributed by atoms with Crippen molar-refractivity contribution in [3.05, 3.63) is 114 Å². The number of rotatable bonds is 7. The summed E-state index contributed by atoms with van der Waals surface area (Å²) in [6.07, 6.45) is 5.78. The number of hydrogen-bond donors (Lipinski definition) is 1. The Morgan fingerprint density at radius 3 is 2.29 bits per heavy atom. The molecule has 6 rings (SSSR count). The van der Waals surface area contributed by atoms with Crippen LogP contribution in [0.4, 0.5) is 0 Å². The number of aryl methyl sites for hydroxylation is 1. The number of amides is 1. The molecule has 2 aliphatic heterocycles. The Morgan fingerprint density at radius 2 is 1.55 bits per heavy atom. The van der Waals surface area contributed by atoms with Crippen molar-refractivity contribution >= 4 is 5.91 Å². The summed E-state index contributed by atoms with van der Waals surface area (Å²) in [5.41, 5.74) is 3.17. The number of piperidine rings is 1. The van der Waals surface area contributed by atoms with E-state index in [9.17, 15) is 4.79 Å². The molecular weight excluding hydrogens is 472 g/mol. The quantitative estimate of drug-likeness (QED) is 0.344. The van der Waals surface area contributed by atoms with Crippen LogP contribution in [0.2, 0.25) is 0 Å². The number of likely N-dealkylation sites (tertiary alicyclic amines) is 1. The molecule has 1 amide bonds. The van der Waals surface area contributed by atoms with E-state index >= 15 is 0 Å². The van der Waals surface area contributed by atoms with Crippen molar-refractivity contribution in [1.82, 2.24) is 19.8 Å². The van der Waals surface area contributed by atoms with Gasteiger partial charge in [0.15, 0.2) is 0 Å². The number of aromatic nitrogens is 2. The molecule has 1 N–H and O–H groups in total. The molecular formula is C32H34N4O2. The average molecular weight is 507 g/mol. The van der Waals surface area contributed by atoms with Crippen molar-refractivity contribution in [2.45, 2.75) is 50.7 Å². The van der Waals surface area contributed by atoms with Crippen LogP contribution < -0.4 is 10.1 Å². The zero-order chi connectivity index (χ0) is 25.7. The van der Waals surface area contributed by atoms with Crippen LogP contribution in [0.25, 0.3) is 0 Å². The number of ether oxygens (including phenoxy) is 1. The normalized spacial score (nSPS) is 18.1. The molecule has 1 atom stereocenters. The van der Waals surface area contributed by atoms with Crippen LogP contribution in [-0.4, -0.2) is 39.5 Å². The van der Waals surface area contributed by atoms with Crippen molar-refractivity contribution in [3.63, 3.8) is 0 Å². The van der Waals surface area contributed by atoms with Crippen molar-refractivity contribution in [2.24, 2.45) is 0 Å². The van der Waals surface area contributed by atoms with Crippen molar-refractivity contribution in [1.29, 1.82) is 0 Å². The van der Waals surface area contributed by atoms with Gasteiger partial charge in [-0.3, -0.25) is 9.69 Å². The van der Waals surface area contributed by atoms with E-state index in [4.69, 9.17) is 9.72 Å². The molecule has 2 aliphatic rings. The average Bonchev–Trinajstić information content (AvgIpc) is 3.40. The van der Waals surface area contributed by atoms with Gasteiger partial charge in [-0.25, -0.2) is 4.98 Å². The third kappa shape index (κ3) is 5.81. The molecule has 0 unspecified atom stereocenters. The van der Waals surface area contributed by atoms with Crippen molar-refractivity contribution in [2.75, 3.05) is 13.1 Å². The highest BCUT2D eigenvalue weighted by Gasteiger charge is 2.26. The molecule has 6 nitrogen and oxygen atoms in total. The second kappa shape index (κ2) is 11.2. The van der Waals surface area contributed by atoms with Gasteiger partial charge in [-0.1, -0.05) is 60.7 Å². The highest BCUT2D eigenvalue weighted by atomic mass is 16.5. The summed E-state index contributed by atoms with van der Waals surface area (Å²) >= 11 is 0. The largest absolute Gasteiger partial charge is 0.457 e. The maximum atomic E-state index is 13.0. The smallest absolute Gasteiger partial charge is 0.271 e. The van der Waals surface area contributed by atoms with Crippen molar-refractivity contribution in [3.8, 4) is 11.5 Å². The Balaban J connectivity index is 1.02. The zero-order valence-corrected chi connectivity index (χ0v) is 21.6. The van der Waals surface area contributed by atoms with Gasteiger partial charge in [-0.2, -0.15) is 0 Å². The number of benzene rings is 3. The zero-order valence-electron chi connectivity index (χ0n) is 21.6. The van der Waals surface area contributed by atoms with Gasteiger partial charge >= 0.3 is 0 Å². The third-order valence-corrected chi connectivity index (χ3v) is 7.73. The first-order chi connectivity index (χ1) is 18.7. The molecule has 0 bridgehead atoms. The minimum absolute atomic E-state index is 0.0487. The Hall–Kier alpha value is -3.90. The molecule has 0 radical (unpaired) electrons. The molecule has 0 spiro atoms. The number of para-hydroxylation sites is 1. The Bertz CT molecular complexity index is 1340. The summed E-state index contributed by atoms with van der Waals surface area (Å²) in [6, 6.07) is 29.0. The third-order valence-electron chi connectivity index (χ3n) is 7.73. The van der Waals surface area contributed by atoms with Gasteiger partial charge in [-0.05, 0) is 54.7 Å². The highest BCUT2D eigenvalue weighted by molar-refractivity contribution is 5.92. The van der Waals surface area contributed by atoms with E-state index in [1.54, 1.807) is 0 Å². The lowest BCUT2D eigenvalue weighted by molar-refractivity contribution is 0.0904. The summed E-state index contributed by atoms with van der Waals surface area (Å²) in [5, 5.41) is 3.24. The molecule has 1 saturated heterocycles. The predicted octanol–water partition coefficient (Wildman–Crippen LogP) is 5.80. The first-order valence-electron chi connectivity index (χ1n) is 13.7. The van der Waals surface area contributed by atoms with Crippen LogP contribution in [0.15, 0.2) is 91.1 Å². The molecule has 1 aromatic heterocycles. The number of carbonyl (C=O) groups excluding carboxylic acids is 1. The minimum atomic E-state index is -0.0487. The first kappa shape index (κ1) is 24.4. The van der Waals surface area contributed by atoms with E-state index in [0.717, 1.165) is 69.2 Å². The van der Waals surface area contributed by atoms with Gasteiger partial charge in [0.1, 0.15) is 23.0 Å². The maximum absolute atomic E-state index is 13.0. The van der Waals surface area contributed by atoms with Crippen LogP contribution >= 0.6 is 0 Å². The van der Waals surface area contributed by atoms with E-state index < -0.39 is 0 Å². The highest BCUT2D eigenvalue weighted by Crippen LogP contribution is 2.31. The van der Waals surface area contributed by atoms with Gasteiger partial charge in [-0.15, -0.1) is 0 Å². The van der Waals surface area contributed by atoms with Gasteiger partial charge in [0.25, 0.3) is 5.91 Å². The van der Waals surface area contributed by atoms with E-state index in [1.807, 2.05) is 48.7 Å². The Kier molecular flexibility index (Phi) is 7.22. The van der Waals surface area contributed by atoms with Crippen LogP contribution in [0.1, 0.15) is 52.6 Å². The molecule has 3 aromatic carbocycles.